The fourth-order valence-corrected chi connectivity index (χ4v) is 2.06. The third kappa shape index (κ3) is 8.55. The lowest BCUT2D eigenvalue weighted by Gasteiger charge is -2.16. The van der Waals surface area contributed by atoms with Crippen LogP contribution in [0.3, 0.4) is 0 Å². The second-order valence-corrected chi connectivity index (χ2v) is 4.81. The molecule has 0 heterocycles. The maximum Gasteiger partial charge on any atom is 0.0433 e. The van der Waals surface area contributed by atoms with Gasteiger partial charge in [0.15, 0.2) is 0 Å². The first-order valence-corrected chi connectivity index (χ1v) is 6.31. The Balaban J connectivity index is 3.30. The zero-order chi connectivity index (χ0) is 10.8. The Bertz CT molecular complexity index is 112. The first-order chi connectivity index (χ1) is 6.70. The first-order valence-electron chi connectivity index (χ1n) is 6.31. The van der Waals surface area contributed by atoms with E-state index in [4.69, 9.17) is 5.11 Å². The van der Waals surface area contributed by atoms with Gasteiger partial charge >= 0.3 is 0 Å². The highest BCUT2D eigenvalue weighted by Crippen LogP contribution is 2.20. The molecule has 0 aromatic carbocycles. The summed E-state index contributed by atoms with van der Waals surface area (Å²) in [5.41, 5.74) is 0. The van der Waals surface area contributed by atoms with Crippen LogP contribution in [-0.2, 0) is 0 Å². The Morgan fingerprint density at radius 3 is 2.14 bits per heavy atom. The molecule has 0 aliphatic heterocycles. The van der Waals surface area contributed by atoms with Gasteiger partial charge in [0.05, 0.1) is 0 Å². The molecule has 1 heteroatoms. The van der Waals surface area contributed by atoms with Crippen LogP contribution in [0.4, 0.5) is 0 Å². The van der Waals surface area contributed by atoms with Gasteiger partial charge < -0.3 is 5.11 Å². The van der Waals surface area contributed by atoms with Crippen molar-refractivity contribution in [2.75, 3.05) is 6.61 Å². The van der Waals surface area contributed by atoms with Crippen LogP contribution in [0.15, 0.2) is 0 Å². The fourth-order valence-electron chi connectivity index (χ4n) is 2.06. The second-order valence-electron chi connectivity index (χ2n) is 4.81. The first kappa shape index (κ1) is 14.0. The van der Waals surface area contributed by atoms with E-state index in [0.29, 0.717) is 12.5 Å². The average molecular weight is 200 g/mol. The van der Waals surface area contributed by atoms with Crippen molar-refractivity contribution >= 4 is 0 Å². The largest absolute Gasteiger partial charge is 0.396 e. The van der Waals surface area contributed by atoms with Crippen molar-refractivity contribution in [1.82, 2.24) is 0 Å². The van der Waals surface area contributed by atoms with E-state index in [2.05, 4.69) is 20.8 Å². The maximum absolute atomic E-state index is 8.80. The number of hydrogen-bond acceptors (Lipinski definition) is 1. The van der Waals surface area contributed by atoms with Gasteiger partial charge in [-0.25, -0.2) is 0 Å². The van der Waals surface area contributed by atoms with Crippen molar-refractivity contribution in [1.29, 1.82) is 0 Å². The van der Waals surface area contributed by atoms with Crippen LogP contribution >= 0.6 is 0 Å². The normalized spacial score (nSPS) is 15.4. The summed E-state index contributed by atoms with van der Waals surface area (Å²) in [6.45, 7) is 7.20. The Hall–Kier alpha value is -0.0400. The predicted octanol–water partition coefficient (Wildman–Crippen LogP) is 4.00. The van der Waals surface area contributed by atoms with Gasteiger partial charge in [-0.3, -0.25) is 0 Å². The van der Waals surface area contributed by atoms with Gasteiger partial charge in [0.1, 0.15) is 0 Å². The fraction of sp³-hybridized carbons (Fsp3) is 1.00. The molecule has 14 heavy (non-hydrogen) atoms. The molecule has 86 valence electrons. The van der Waals surface area contributed by atoms with Crippen LogP contribution in [0.25, 0.3) is 0 Å². The van der Waals surface area contributed by atoms with Crippen LogP contribution in [0.5, 0.6) is 0 Å². The number of unbranched alkanes of at least 4 members (excludes halogenated alkanes) is 3. The molecule has 0 aliphatic carbocycles. The molecule has 0 saturated carbocycles. The van der Waals surface area contributed by atoms with Crippen LogP contribution in [0.2, 0.25) is 0 Å². The zero-order valence-corrected chi connectivity index (χ0v) is 10.3. The summed E-state index contributed by atoms with van der Waals surface area (Å²) in [5, 5.41) is 8.80. The van der Waals surface area contributed by atoms with Gasteiger partial charge in [-0.15, -0.1) is 0 Å². The van der Waals surface area contributed by atoms with E-state index in [9.17, 15) is 0 Å². The summed E-state index contributed by atoms with van der Waals surface area (Å²) >= 11 is 0. The molecule has 0 bridgehead atoms. The molecule has 0 amide bonds. The van der Waals surface area contributed by atoms with Crippen molar-refractivity contribution in [3.05, 3.63) is 0 Å². The van der Waals surface area contributed by atoms with E-state index in [1.165, 1.54) is 38.5 Å². The molecule has 1 nitrogen and oxygen atoms in total. The molecule has 2 unspecified atom stereocenters. The monoisotopic (exact) mass is 200 g/mol. The summed E-state index contributed by atoms with van der Waals surface area (Å²) in [6.07, 6.45) is 9.13. The molecule has 0 radical (unpaired) electrons. The van der Waals surface area contributed by atoms with E-state index in [-0.39, 0.29) is 0 Å². The van der Waals surface area contributed by atoms with Gasteiger partial charge in [0.2, 0.25) is 0 Å². The molecule has 0 aromatic heterocycles. The summed E-state index contributed by atoms with van der Waals surface area (Å²) in [5.74, 6) is 1.54. The third-order valence-electron chi connectivity index (χ3n) is 2.98. The lowest BCUT2D eigenvalue weighted by atomic mass is 9.91. The molecule has 0 fully saturated rings. The number of aliphatic hydroxyl groups excluding tert-OH is 1. The number of hydrogen-bond donors (Lipinski definition) is 1. The topological polar surface area (TPSA) is 20.2 Å². The molecule has 0 spiro atoms. The van der Waals surface area contributed by atoms with Gasteiger partial charge in [-0.2, -0.15) is 0 Å². The Morgan fingerprint density at radius 2 is 1.57 bits per heavy atom. The minimum Gasteiger partial charge on any atom is -0.396 e. The smallest absolute Gasteiger partial charge is 0.0433 e. The van der Waals surface area contributed by atoms with Gasteiger partial charge in [0.25, 0.3) is 0 Å². The SMILES string of the molecule is CCCCCCC(C)CC(C)CCO. The van der Waals surface area contributed by atoms with Gasteiger partial charge in [-0.1, -0.05) is 52.9 Å². The molecule has 2 atom stereocenters. The lowest BCUT2D eigenvalue weighted by Crippen LogP contribution is -2.05. The Kier molecular flexibility index (Phi) is 9.49. The van der Waals surface area contributed by atoms with Crippen molar-refractivity contribution in [3.8, 4) is 0 Å². The summed E-state index contributed by atoms with van der Waals surface area (Å²) in [4.78, 5) is 0. The predicted molar refractivity (Wildman–Crippen MR) is 63.4 cm³/mol. The summed E-state index contributed by atoms with van der Waals surface area (Å²) in [7, 11) is 0. The highest BCUT2D eigenvalue weighted by Gasteiger charge is 2.07. The Labute approximate surface area is 89.9 Å². The van der Waals surface area contributed by atoms with Crippen molar-refractivity contribution < 1.29 is 5.11 Å². The molecule has 0 aliphatic rings. The van der Waals surface area contributed by atoms with Crippen LogP contribution in [0.1, 0.15) is 65.7 Å². The van der Waals surface area contributed by atoms with E-state index in [0.717, 1.165) is 12.3 Å². The third-order valence-corrected chi connectivity index (χ3v) is 2.98. The number of aliphatic hydroxyl groups is 1. The minimum absolute atomic E-state index is 0.351. The van der Waals surface area contributed by atoms with E-state index >= 15 is 0 Å². The lowest BCUT2D eigenvalue weighted by molar-refractivity contribution is 0.246. The van der Waals surface area contributed by atoms with Gasteiger partial charge in [0, 0.05) is 6.61 Å². The summed E-state index contributed by atoms with van der Waals surface area (Å²) in [6, 6.07) is 0. The number of rotatable bonds is 9. The second kappa shape index (κ2) is 9.51. The van der Waals surface area contributed by atoms with E-state index in [1.807, 2.05) is 0 Å². The Morgan fingerprint density at radius 1 is 0.929 bits per heavy atom. The molecular formula is C13H28O. The highest BCUT2D eigenvalue weighted by atomic mass is 16.3. The van der Waals surface area contributed by atoms with Gasteiger partial charge in [-0.05, 0) is 24.7 Å². The van der Waals surface area contributed by atoms with Crippen LogP contribution < -0.4 is 0 Å². The van der Waals surface area contributed by atoms with Crippen LogP contribution in [-0.4, -0.2) is 11.7 Å². The van der Waals surface area contributed by atoms with E-state index in [1.54, 1.807) is 0 Å². The maximum atomic E-state index is 8.80. The molecule has 0 rings (SSSR count). The van der Waals surface area contributed by atoms with Crippen molar-refractivity contribution in [3.63, 3.8) is 0 Å². The van der Waals surface area contributed by atoms with E-state index < -0.39 is 0 Å². The zero-order valence-electron chi connectivity index (χ0n) is 10.3. The van der Waals surface area contributed by atoms with Crippen molar-refractivity contribution in [2.24, 2.45) is 11.8 Å². The minimum atomic E-state index is 0.351. The molecule has 0 saturated heterocycles. The standard InChI is InChI=1S/C13H28O/c1-4-5-6-7-8-12(2)11-13(3)9-10-14/h12-14H,4-11H2,1-3H3. The average Bonchev–Trinajstić information content (AvgIpc) is 2.13. The summed E-state index contributed by atoms with van der Waals surface area (Å²) < 4.78 is 0. The van der Waals surface area contributed by atoms with Crippen LogP contribution in [0, 0.1) is 11.8 Å². The van der Waals surface area contributed by atoms with Crippen molar-refractivity contribution in [2.45, 2.75) is 65.7 Å². The quantitative estimate of drug-likeness (QED) is 0.558. The molecular weight excluding hydrogens is 172 g/mol. The molecule has 1 N–H and O–H groups in total. The molecule has 0 aromatic rings. The highest BCUT2D eigenvalue weighted by molar-refractivity contribution is 4.59.